The van der Waals surface area contributed by atoms with Gasteiger partial charge in [0.25, 0.3) is 0 Å². The van der Waals surface area contributed by atoms with Crippen LogP contribution in [0.2, 0.25) is 0 Å². The maximum Gasteiger partial charge on any atom is 0.123 e. The van der Waals surface area contributed by atoms with Gasteiger partial charge in [-0.25, -0.2) is 0 Å². The summed E-state index contributed by atoms with van der Waals surface area (Å²) in [6.45, 7) is 0. The molecule has 0 bridgehead atoms. The Labute approximate surface area is 199 Å². The molecule has 0 aliphatic carbocycles. The summed E-state index contributed by atoms with van der Waals surface area (Å²) < 4.78 is 2.40. The Kier molecular flexibility index (Phi) is 4.18. The molecular weight excluding hydrogens is 412 g/mol. The highest BCUT2D eigenvalue weighted by molar-refractivity contribution is 5.99. The normalized spacial score (nSPS) is 12.1. The number of rotatable bonds is 2. The zero-order valence-electron chi connectivity index (χ0n) is 18.6. The van der Waals surface area contributed by atoms with Crippen molar-refractivity contribution in [1.82, 2.24) is 4.57 Å². The lowest BCUT2D eigenvalue weighted by molar-refractivity contribution is 1.09. The molecule has 0 fully saturated rings. The maximum absolute atomic E-state index is 2.40. The summed E-state index contributed by atoms with van der Waals surface area (Å²) in [5.74, 6) is 1.14. The second-order valence-electron chi connectivity index (χ2n) is 8.68. The molecule has 2 nitrogen and oxygen atoms in total. The van der Waals surface area contributed by atoms with Crippen LogP contribution in [-0.2, 0) is 0 Å². The Balaban J connectivity index is 1.57. The molecule has 0 unspecified atom stereocenters. The molecule has 2 heterocycles. The zero-order chi connectivity index (χ0) is 22.5. The first-order chi connectivity index (χ1) is 16.9. The van der Waals surface area contributed by atoms with Crippen molar-refractivity contribution in [2.75, 3.05) is 4.90 Å². The Morgan fingerprint density at radius 2 is 1.09 bits per heavy atom. The number of fused-ring (bicyclic) bond motifs is 7. The number of hydrogen-bond donors (Lipinski definition) is 0. The van der Waals surface area contributed by atoms with Crippen LogP contribution in [0, 0.1) is 0 Å². The minimum Gasteiger partial charge on any atom is -0.295 e. The highest BCUT2D eigenvalue weighted by atomic mass is 15.3. The van der Waals surface area contributed by atoms with E-state index in [1.165, 1.54) is 44.5 Å². The van der Waals surface area contributed by atoms with Gasteiger partial charge >= 0.3 is 0 Å². The molecule has 0 N–H and O–H groups in total. The van der Waals surface area contributed by atoms with E-state index in [0.717, 1.165) is 11.5 Å². The van der Waals surface area contributed by atoms with Crippen LogP contribution < -0.4 is 4.90 Å². The Hall–Kier alpha value is -4.56. The van der Waals surface area contributed by atoms with Crippen LogP contribution in [-0.4, -0.2) is 4.57 Å². The standard InChI is InChI=1S/C32H22N2/c1-2-11-23(12-3-1)24-14-10-15-26(21-24)33-30-19-8-5-16-27(30)28-17-6-9-20-31(28)34-29-18-7-4-13-25(29)22-32(33)34/h1-22H. The maximum atomic E-state index is 2.40. The molecule has 0 saturated carbocycles. The van der Waals surface area contributed by atoms with E-state index in [-0.39, 0.29) is 0 Å². The molecule has 6 aromatic rings. The lowest BCUT2D eigenvalue weighted by atomic mass is 10.0. The number of para-hydroxylation sites is 3. The van der Waals surface area contributed by atoms with Crippen LogP contribution in [0.5, 0.6) is 0 Å². The molecule has 0 atom stereocenters. The molecular formula is C32H22N2. The van der Waals surface area contributed by atoms with E-state index in [4.69, 9.17) is 0 Å². The van der Waals surface area contributed by atoms with Gasteiger partial charge in [0.15, 0.2) is 0 Å². The monoisotopic (exact) mass is 434 g/mol. The summed E-state index contributed by atoms with van der Waals surface area (Å²) in [6.07, 6.45) is 0. The Morgan fingerprint density at radius 3 is 1.94 bits per heavy atom. The number of anilines is 3. The average molecular weight is 435 g/mol. The van der Waals surface area contributed by atoms with Crippen molar-refractivity contribution in [3.05, 3.63) is 133 Å². The van der Waals surface area contributed by atoms with Crippen molar-refractivity contribution in [3.63, 3.8) is 0 Å². The fraction of sp³-hybridized carbons (Fsp3) is 0. The third-order valence-corrected chi connectivity index (χ3v) is 6.71. The topological polar surface area (TPSA) is 8.17 Å². The highest BCUT2D eigenvalue weighted by Gasteiger charge is 2.27. The second kappa shape index (κ2) is 7.50. The summed E-state index contributed by atoms with van der Waals surface area (Å²) in [5.41, 5.74) is 9.64. The molecule has 0 radical (unpaired) electrons. The lowest BCUT2D eigenvalue weighted by Crippen LogP contribution is -2.12. The van der Waals surface area contributed by atoms with E-state index in [9.17, 15) is 0 Å². The van der Waals surface area contributed by atoms with E-state index in [1.54, 1.807) is 0 Å². The molecule has 0 amide bonds. The fourth-order valence-corrected chi connectivity index (χ4v) is 5.20. The van der Waals surface area contributed by atoms with Crippen LogP contribution >= 0.6 is 0 Å². The Morgan fingerprint density at radius 1 is 0.441 bits per heavy atom. The van der Waals surface area contributed by atoms with E-state index in [2.05, 4.69) is 143 Å². The van der Waals surface area contributed by atoms with Gasteiger partial charge < -0.3 is 0 Å². The van der Waals surface area contributed by atoms with Gasteiger partial charge in [0, 0.05) is 22.2 Å². The van der Waals surface area contributed by atoms with Crippen molar-refractivity contribution in [2.45, 2.75) is 0 Å². The molecule has 0 spiro atoms. The average Bonchev–Trinajstić information content (AvgIpc) is 3.23. The molecule has 7 rings (SSSR count). The number of hydrogen-bond acceptors (Lipinski definition) is 1. The summed E-state index contributed by atoms with van der Waals surface area (Å²) in [7, 11) is 0. The third-order valence-electron chi connectivity index (χ3n) is 6.71. The summed E-state index contributed by atoms with van der Waals surface area (Å²) in [4.78, 5) is 2.40. The van der Waals surface area contributed by atoms with Gasteiger partial charge in [0.1, 0.15) is 5.82 Å². The van der Waals surface area contributed by atoms with Crippen molar-refractivity contribution in [3.8, 4) is 27.9 Å². The summed E-state index contributed by atoms with van der Waals surface area (Å²) >= 11 is 0. The SMILES string of the molecule is c1ccc(-c2cccc(N3c4ccccc4-c4ccccc4-n4c3cc3ccccc34)c2)cc1. The fourth-order valence-electron chi connectivity index (χ4n) is 5.20. The van der Waals surface area contributed by atoms with Gasteiger partial charge in [-0.1, -0.05) is 97.1 Å². The van der Waals surface area contributed by atoms with Gasteiger partial charge in [-0.2, -0.15) is 0 Å². The zero-order valence-corrected chi connectivity index (χ0v) is 18.6. The largest absolute Gasteiger partial charge is 0.295 e. The van der Waals surface area contributed by atoms with E-state index < -0.39 is 0 Å². The van der Waals surface area contributed by atoms with Gasteiger partial charge in [0.2, 0.25) is 0 Å². The van der Waals surface area contributed by atoms with Gasteiger partial charge in [0.05, 0.1) is 16.9 Å². The first kappa shape index (κ1) is 19.0. The second-order valence-corrected chi connectivity index (χ2v) is 8.68. The van der Waals surface area contributed by atoms with Crippen molar-refractivity contribution >= 4 is 28.1 Å². The minimum atomic E-state index is 1.14. The van der Waals surface area contributed by atoms with Gasteiger partial charge in [-0.15, -0.1) is 0 Å². The smallest absolute Gasteiger partial charge is 0.123 e. The molecule has 1 aliphatic heterocycles. The number of nitrogens with zero attached hydrogens (tertiary/aromatic N) is 2. The van der Waals surface area contributed by atoms with Crippen molar-refractivity contribution in [2.24, 2.45) is 0 Å². The minimum absolute atomic E-state index is 1.14. The molecule has 1 aromatic heterocycles. The van der Waals surface area contributed by atoms with E-state index >= 15 is 0 Å². The quantitative estimate of drug-likeness (QED) is 0.264. The first-order valence-electron chi connectivity index (χ1n) is 11.6. The van der Waals surface area contributed by atoms with Crippen LogP contribution in [0.4, 0.5) is 17.2 Å². The molecule has 1 aliphatic rings. The van der Waals surface area contributed by atoms with Crippen molar-refractivity contribution < 1.29 is 0 Å². The number of benzene rings is 5. The van der Waals surface area contributed by atoms with Gasteiger partial charge in [-0.3, -0.25) is 9.47 Å². The van der Waals surface area contributed by atoms with Crippen LogP contribution in [0.15, 0.2) is 133 Å². The van der Waals surface area contributed by atoms with E-state index in [0.29, 0.717) is 0 Å². The number of aromatic nitrogens is 1. The van der Waals surface area contributed by atoms with Crippen LogP contribution in [0.25, 0.3) is 38.8 Å². The summed E-state index contributed by atoms with van der Waals surface area (Å²) in [6, 6.07) is 47.8. The first-order valence-corrected chi connectivity index (χ1v) is 11.6. The van der Waals surface area contributed by atoms with E-state index in [1.807, 2.05) is 0 Å². The molecule has 160 valence electrons. The lowest BCUT2D eigenvalue weighted by Gasteiger charge is -2.26. The third kappa shape index (κ3) is 2.82. The predicted molar refractivity (Wildman–Crippen MR) is 142 cm³/mol. The summed E-state index contributed by atoms with van der Waals surface area (Å²) in [5, 5.41) is 1.23. The van der Waals surface area contributed by atoms with Crippen molar-refractivity contribution in [1.29, 1.82) is 0 Å². The van der Waals surface area contributed by atoms with Crippen LogP contribution in [0.1, 0.15) is 0 Å². The highest BCUT2D eigenvalue weighted by Crippen LogP contribution is 2.48. The Bertz CT molecular complexity index is 1660. The molecule has 2 heteroatoms. The molecule has 5 aromatic carbocycles. The molecule has 0 saturated heterocycles. The predicted octanol–water partition coefficient (Wildman–Crippen LogP) is 8.75. The van der Waals surface area contributed by atoms with Crippen LogP contribution in [0.3, 0.4) is 0 Å². The van der Waals surface area contributed by atoms with Gasteiger partial charge in [-0.05, 0) is 47.5 Å². The molecule has 34 heavy (non-hydrogen) atoms.